The molecule has 0 unspecified atom stereocenters. The van der Waals surface area contributed by atoms with Crippen molar-refractivity contribution < 1.29 is 4.79 Å². The number of amides is 1. The first-order valence-electron chi connectivity index (χ1n) is 7.51. The number of nitrogens with one attached hydrogen (secondary N) is 1. The highest BCUT2D eigenvalue weighted by molar-refractivity contribution is 7.98. The molecule has 0 bridgehead atoms. The van der Waals surface area contributed by atoms with Crippen LogP contribution in [0, 0.1) is 6.92 Å². The van der Waals surface area contributed by atoms with Crippen molar-refractivity contribution in [2.75, 3.05) is 6.26 Å². The van der Waals surface area contributed by atoms with E-state index >= 15 is 0 Å². The summed E-state index contributed by atoms with van der Waals surface area (Å²) in [7, 11) is 0. The van der Waals surface area contributed by atoms with Crippen LogP contribution in [-0.2, 0) is 0 Å². The largest absolute Gasteiger partial charge is 0.273 e. The number of hydrogen-bond donors (Lipinski definition) is 1. The molecule has 2 aromatic carbocycles. The van der Waals surface area contributed by atoms with E-state index < -0.39 is 0 Å². The summed E-state index contributed by atoms with van der Waals surface area (Å²) in [5, 5.41) is 4.97. The molecule has 3 aromatic rings. The number of pyridine rings is 1. The fourth-order valence-corrected chi connectivity index (χ4v) is 2.77. The summed E-state index contributed by atoms with van der Waals surface area (Å²) in [6, 6.07) is 17.5. The molecule has 0 saturated carbocycles. The van der Waals surface area contributed by atoms with E-state index in [0.717, 1.165) is 16.5 Å². The van der Waals surface area contributed by atoms with E-state index in [-0.39, 0.29) is 5.91 Å². The van der Waals surface area contributed by atoms with Gasteiger partial charge in [-0.1, -0.05) is 30.3 Å². The van der Waals surface area contributed by atoms with Gasteiger partial charge in [-0.05, 0) is 43.0 Å². The Morgan fingerprint density at radius 2 is 1.92 bits per heavy atom. The summed E-state index contributed by atoms with van der Waals surface area (Å²) >= 11 is 1.68. The molecule has 120 valence electrons. The van der Waals surface area contributed by atoms with Gasteiger partial charge in [0, 0.05) is 10.3 Å². The number of aryl methyl sites for hydroxylation is 1. The van der Waals surface area contributed by atoms with E-state index in [1.807, 2.05) is 67.8 Å². The number of carbonyl (C=O) groups is 1. The second kappa shape index (κ2) is 7.27. The van der Waals surface area contributed by atoms with Crippen LogP contribution in [0.3, 0.4) is 0 Å². The quantitative estimate of drug-likeness (QED) is 0.445. The van der Waals surface area contributed by atoms with Gasteiger partial charge in [0.05, 0.1) is 23.0 Å². The van der Waals surface area contributed by atoms with Crippen LogP contribution in [0.4, 0.5) is 0 Å². The van der Waals surface area contributed by atoms with Crippen LogP contribution in [0.5, 0.6) is 0 Å². The lowest BCUT2D eigenvalue weighted by Gasteiger charge is -2.06. The number of benzene rings is 2. The van der Waals surface area contributed by atoms with Crippen molar-refractivity contribution in [1.82, 2.24) is 10.4 Å². The van der Waals surface area contributed by atoms with Crippen molar-refractivity contribution in [2.24, 2.45) is 5.10 Å². The number of hydrogen-bond acceptors (Lipinski definition) is 4. The minimum Gasteiger partial charge on any atom is -0.267 e. The molecule has 24 heavy (non-hydrogen) atoms. The van der Waals surface area contributed by atoms with Crippen LogP contribution in [0.2, 0.25) is 0 Å². The first kappa shape index (κ1) is 16.2. The van der Waals surface area contributed by atoms with Gasteiger partial charge in [-0.25, -0.2) is 5.43 Å². The number of para-hydroxylation sites is 1. The lowest BCUT2D eigenvalue weighted by Crippen LogP contribution is -2.19. The Kier molecular flexibility index (Phi) is 4.91. The predicted molar refractivity (Wildman–Crippen MR) is 99.8 cm³/mol. The van der Waals surface area contributed by atoms with Gasteiger partial charge >= 0.3 is 0 Å². The van der Waals surface area contributed by atoms with Crippen molar-refractivity contribution in [2.45, 2.75) is 11.8 Å². The van der Waals surface area contributed by atoms with Gasteiger partial charge in [0.2, 0.25) is 0 Å². The lowest BCUT2D eigenvalue weighted by molar-refractivity contribution is 0.0954. The summed E-state index contributed by atoms with van der Waals surface area (Å²) in [4.78, 5) is 18.0. The second-order valence-electron chi connectivity index (χ2n) is 5.29. The number of aromatic nitrogens is 1. The van der Waals surface area contributed by atoms with Gasteiger partial charge in [0.15, 0.2) is 0 Å². The Balaban J connectivity index is 1.74. The van der Waals surface area contributed by atoms with Crippen LogP contribution in [0.15, 0.2) is 64.6 Å². The first-order chi connectivity index (χ1) is 11.7. The van der Waals surface area contributed by atoms with Crippen molar-refractivity contribution >= 4 is 34.8 Å². The van der Waals surface area contributed by atoms with E-state index in [9.17, 15) is 4.79 Å². The standard InChI is InChI=1S/C19H17N3OS/c1-13-17(11-15-5-3-4-6-18(15)21-13)19(23)22-20-12-14-7-9-16(24-2)10-8-14/h3-12H,1-2H3,(H,22,23)/b20-12-. The Hall–Kier alpha value is -2.66. The molecule has 0 saturated heterocycles. The Labute approximate surface area is 145 Å². The molecule has 0 spiro atoms. The van der Waals surface area contributed by atoms with Crippen LogP contribution in [-0.4, -0.2) is 23.4 Å². The highest BCUT2D eigenvalue weighted by Crippen LogP contribution is 2.16. The van der Waals surface area contributed by atoms with Gasteiger partial charge in [-0.2, -0.15) is 5.10 Å². The molecule has 0 aliphatic heterocycles. The maximum atomic E-state index is 12.3. The van der Waals surface area contributed by atoms with Gasteiger partial charge in [0.1, 0.15) is 0 Å². The zero-order valence-electron chi connectivity index (χ0n) is 13.5. The molecule has 0 aliphatic carbocycles. The molecular weight excluding hydrogens is 318 g/mol. The number of thioether (sulfide) groups is 1. The third-order valence-corrected chi connectivity index (χ3v) is 4.40. The summed E-state index contributed by atoms with van der Waals surface area (Å²) in [6.45, 7) is 1.83. The summed E-state index contributed by atoms with van der Waals surface area (Å²) < 4.78 is 0. The Morgan fingerprint density at radius 3 is 2.67 bits per heavy atom. The van der Waals surface area contributed by atoms with E-state index in [2.05, 4.69) is 15.5 Å². The molecule has 0 atom stereocenters. The third-order valence-electron chi connectivity index (χ3n) is 3.65. The maximum Gasteiger partial charge on any atom is 0.273 e. The average molecular weight is 335 g/mol. The summed E-state index contributed by atoms with van der Waals surface area (Å²) in [6.07, 6.45) is 3.66. The van der Waals surface area contributed by atoms with Crippen LogP contribution in [0.1, 0.15) is 21.6 Å². The number of rotatable bonds is 4. The third kappa shape index (κ3) is 3.63. The number of fused-ring (bicyclic) bond motifs is 1. The molecule has 0 fully saturated rings. The molecule has 1 aromatic heterocycles. The van der Waals surface area contributed by atoms with Crippen LogP contribution in [0.25, 0.3) is 10.9 Å². The fraction of sp³-hybridized carbons (Fsp3) is 0.105. The molecule has 3 rings (SSSR count). The van der Waals surface area contributed by atoms with Crippen LogP contribution < -0.4 is 5.43 Å². The number of nitrogens with zero attached hydrogens (tertiary/aromatic N) is 2. The first-order valence-corrected chi connectivity index (χ1v) is 8.74. The average Bonchev–Trinajstić information content (AvgIpc) is 2.61. The molecule has 1 N–H and O–H groups in total. The number of hydrazone groups is 1. The minimum absolute atomic E-state index is 0.261. The monoisotopic (exact) mass is 335 g/mol. The molecule has 0 radical (unpaired) electrons. The topological polar surface area (TPSA) is 54.4 Å². The normalized spacial score (nSPS) is 11.1. The minimum atomic E-state index is -0.261. The van der Waals surface area contributed by atoms with E-state index in [0.29, 0.717) is 11.3 Å². The van der Waals surface area contributed by atoms with E-state index in [1.165, 1.54) is 4.90 Å². The van der Waals surface area contributed by atoms with E-state index in [4.69, 9.17) is 0 Å². The SMILES string of the molecule is CSc1ccc(/C=N\NC(=O)c2cc3ccccc3nc2C)cc1. The van der Waals surface area contributed by atoms with Crippen LogP contribution >= 0.6 is 11.8 Å². The van der Waals surface area contributed by atoms with Crippen molar-refractivity contribution in [3.63, 3.8) is 0 Å². The van der Waals surface area contributed by atoms with Gasteiger partial charge in [-0.15, -0.1) is 11.8 Å². The lowest BCUT2D eigenvalue weighted by atomic mass is 10.1. The molecule has 4 nitrogen and oxygen atoms in total. The fourth-order valence-electron chi connectivity index (χ4n) is 2.36. The predicted octanol–water partition coefficient (Wildman–Crippen LogP) is 4.03. The summed E-state index contributed by atoms with van der Waals surface area (Å²) in [5.74, 6) is -0.261. The highest BCUT2D eigenvalue weighted by atomic mass is 32.2. The molecule has 1 heterocycles. The van der Waals surface area contributed by atoms with Gasteiger partial charge in [0.25, 0.3) is 5.91 Å². The molecular formula is C19H17N3OS. The van der Waals surface area contributed by atoms with Crippen molar-refractivity contribution in [1.29, 1.82) is 0 Å². The zero-order valence-corrected chi connectivity index (χ0v) is 14.3. The zero-order chi connectivity index (χ0) is 16.9. The molecule has 1 amide bonds. The molecule has 0 aliphatic rings. The molecule has 5 heteroatoms. The van der Waals surface area contributed by atoms with Gasteiger partial charge in [-0.3, -0.25) is 9.78 Å². The summed E-state index contributed by atoms with van der Waals surface area (Å²) in [5.41, 5.74) is 5.59. The smallest absolute Gasteiger partial charge is 0.267 e. The van der Waals surface area contributed by atoms with Crippen molar-refractivity contribution in [3.8, 4) is 0 Å². The van der Waals surface area contributed by atoms with E-state index in [1.54, 1.807) is 18.0 Å². The highest BCUT2D eigenvalue weighted by Gasteiger charge is 2.10. The second-order valence-corrected chi connectivity index (χ2v) is 6.17. The Morgan fingerprint density at radius 1 is 1.17 bits per heavy atom. The van der Waals surface area contributed by atoms with Crippen molar-refractivity contribution in [3.05, 3.63) is 71.4 Å². The maximum absolute atomic E-state index is 12.3. The van der Waals surface area contributed by atoms with Gasteiger partial charge < -0.3 is 0 Å². The Bertz CT molecular complexity index is 904. The number of carbonyl (C=O) groups excluding carboxylic acids is 1.